The minimum atomic E-state index is -0.857. The zero-order valence-corrected chi connectivity index (χ0v) is 16.6. The van der Waals surface area contributed by atoms with Crippen LogP contribution in [0.3, 0.4) is 0 Å². The number of hydrogen-bond donors (Lipinski definition) is 1. The molecular formula is C24H26N2O3. The van der Waals surface area contributed by atoms with Crippen LogP contribution in [0.1, 0.15) is 58.9 Å². The molecule has 5 heteroatoms. The van der Waals surface area contributed by atoms with Crippen molar-refractivity contribution in [3.05, 3.63) is 71.3 Å². The quantitative estimate of drug-likeness (QED) is 0.794. The molecule has 3 amide bonds. The second-order valence-electron chi connectivity index (χ2n) is 8.20. The fourth-order valence-corrected chi connectivity index (χ4v) is 4.33. The Bertz CT molecular complexity index is 882. The third kappa shape index (κ3) is 3.95. The molecule has 0 aromatic heterocycles. The van der Waals surface area contributed by atoms with Crippen molar-refractivity contribution < 1.29 is 14.4 Å². The molecule has 0 saturated heterocycles. The van der Waals surface area contributed by atoms with E-state index < -0.39 is 6.04 Å². The highest BCUT2D eigenvalue weighted by Gasteiger charge is 2.43. The van der Waals surface area contributed by atoms with Crippen molar-refractivity contribution in [2.45, 2.75) is 51.1 Å². The fraction of sp³-hybridized carbons (Fsp3) is 0.375. The van der Waals surface area contributed by atoms with E-state index in [9.17, 15) is 14.4 Å². The zero-order valence-electron chi connectivity index (χ0n) is 16.6. The molecule has 5 nitrogen and oxygen atoms in total. The number of fused-ring (bicyclic) bond motifs is 1. The summed E-state index contributed by atoms with van der Waals surface area (Å²) in [6.07, 6.45) is 4.35. The topological polar surface area (TPSA) is 66.5 Å². The van der Waals surface area contributed by atoms with Gasteiger partial charge >= 0.3 is 0 Å². The number of carbonyl (C=O) groups is 3. The van der Waals surface area contributed by atoms with Crippen LogP contribution < -0.4 is 5.32 Å². The first-order valence-corrected chi connectivity index (χ1v) is 10.4. The highest BCUT2D eigenvalue weighted by molar-refractivity contribution is 6.22. The SMILES string of the molecule is CC1CCC(NC(=O)[C@H](Cc2ccccc2)N2C(=O)c3ccccc3C2=O)CC1. The molecule has 150 valence electrons. The van der Waals surface area contributed by atoms with Crippen LogP contribution in [0.4, 0.5) is 0 Å². The Labute approximate surface area is 171 Å². The summed E-state index contributed by atoms with van der Waals surface area (Å²) < 4.78 is 0. The minimum absolute atomic E-state index is 0.104. The first-order valence-electron chi connectivity index (χ1n) is 10.4. The third-order valence-electron chi connectivity index (χ3n) is 6.07. The van der Waals surface area contributed by atoms with Crippen molar-refractivity contribution in [2.75, 3.05) is 0 Å². The van der Waals surface area contributed by atoms with Gasteiger partial charge in [0.15, 0.2) is 0 Å². The Balaban J connectivity index is 1.60. The van der Waals surface area contributed by atoms with Crippen molar-refractivity contribution in [2.24, 2.45) is 5.92 Å². The van der Waals surface area contributed by atoms with Gasteiger partial charge in [0.1, 0.15) is 6.04 Å². The zero-order chi connectivity index (χ0) is 20.4. The summed E-state index contributed by atoms with van der Waals surface area (Å²) in [4.78, 5) is 40.4. The molecule has 0 spiro atoms. The van der Waals surface area contributed by atoms with Crippen LogP contribution in [-0.2, 0) is 11.2 Å². The molecular weight excluding hydrogens is 364 g/mol. The number of nitrogens with one attached hydrogen (secondary N) is 1. The summed E-state index contributed by atoms with van der Waals surface area (Å²) in [7, 11) is 0. The smallest absolute Gasteiger partial charge is 0.262 e. The van der Waals surface area contributed by atoms with Gasteiger partial charge in [-0.3, -0.25) is 19.3 Å². The molecule has 0 unspecified atom stereocenters. The predicted octanol–water partition coefficient (Wildman–Crippen LogP) is 3.59. The molecule has 29 heavy (non-hydrogen) atoms. The Morgan fingerprint density at radius 1 is 0.931 bits per heavy atom. The number of carbonyl (C=O) groups excluding carboxylic acids is 3. The molecule has 1 aliphatic carbocycles. The van der Waals surface area contributed by atoms with E-state index in [0.717, 1.165) is 36.1 Å². The van der Waals surface area contributed by atoms with E-state index in [-0.39, 0.29) is 23.8 Å². The highest BCUT2D eigenvalue weighted by atomic mass is 16.2. The monoisotopic (exact) mass is 390 g/mol. The van der Waals surface area contributed by atoms with Crippen molar-refractivity contribution in [3.63, 3.8) is 0 Å². The van der Waals surface area contributed by atoms with E-state index in [0.29, 0.717) is 23.5 Å². The van der Waals surface area contributed by atoms with Crippen LogP contribution in [0.15, 0.2) is 54.6 Å². The molecule has 1 N–H and O–H groups in total. The van der Waals surface area contributed by atoms with Gasteiger partial charge in [-0.2, -0.15) is 0 Å². The summed E-state index contributed by atoms with van der Waals surface area (Å²) in [5.41, 5.74) is 1.66. The lowest BCUT2D eigenvalue weighted by Crippen LogP contribution is -2.53. The number of rotatable bonds is 5. The van der Waals surface area contributed by atoms with Gasteiger partial charge in [0.2, 0.25) is 5.91 Å². The van der Waals surface area contributed by atoms with E-state index in [1.54, 1.807) is 24.3 Å². The number of hydrogen-bond acceptors (Lipinski definition) is 3. The lowest BCUT2D eigenvalue weighted by atomic mass is 9.87. The first-order chi connectivity index (χ1) is 14.0. The van der Waals surface area contributed by atoms with Gasteiger partial charge in [0.25, 0.3) is 11.8 Å². The lowest BCUT2D eigenvalue weighted by molar-refractivity contribution is -0.126. The fourth-order valence-electron chi connectivity index (χ4n) is 4.33. The van der Waals surface area contributed by atoms with E-state index in [2.05, 4.69) is 12.2 Å². The highest BCUT2D eigenvalue weighted by Crippen LogP contribution is 2.27. The molecule has 0 radical (unpaired) electrons. The summed E-state index contributed by atoms with van der Waals surface area (Å²) in [5.74, 6) is -0.347. The Morgan fingerprint density at radius 3 is 2.07 bits per heavy atom. The Hall–Kier alpha value is -2.95. The van der Waals surface area contributed by atoms with E-state index in [1.165, 1.54) is 0 Å². The largest absolute Gasteiger partial charge is 0.352 e. The van der Waals surface area contributed by atoms with Crippen molar-refractivity contribution in [3.8, 4) is 0 Å². The molecule has 1 atom stereocenters. The van der Waals surface area contributed by atoms with Gasteiger partial charge < -0.3 is 5.32 Å². The van der Waals surface area contributed by atoms with Crippen LogP contribution in [0.5, 0.6) is 0 Å². The van der Waals surface area contributed by atoms with Gasteiger partial charge in [-0.05, 0) is 49.3 Å². The molecule has 2 aromatic carbocycles. The summed E-state index contributed by atoms with van der Waals surface area (Å²) in [6.45, 7) is 2.23. The summed E-state index contributed by atoms with van der Waals surface area (Å²) in [5, 5.41) is 3.12. The van der Waals surface area contributed by atoms with E-state index in [1.807, 2.05) is 30.3 Å². The predicted molar refractivity (Wildman–Crippen MR) is 110 cm³/mol. The second kappa shape index (κ2) is 8.19. The number of nitrogens with zero attached hydrogens (tertiary/aromatic N) is 1. The van der Waals surface area contributed by atoms with E-state index >= 15 is 0 Å². The molecule has 1 saturated carbocycles. The number of benzene rings is 2. The van der Waals surface area contributed by atoms with Crippen LogP contribution in [-0.4, -0.2) is 34.7 Å². The average molecular weight is 390 g/mol. The van der Waals surface area contributed by atoms with Crippen LogP contribution >= 0.6 is 0 Å². The molecule has 2 aromatic rings. The van der Waals surface area contributed by atoms with Crippen molar-refractivity contribution in [1.29, 1.82) is 0 Å². The van der Waals surface area contributed by atoms with Gasteiger partial charge in [-0.15, -0.1) is 0 Å². The average Bonchev–Trinajstić information content (AvgIpc) is 2.99. The van der Waals surface area contributed by atoms with E-state index in [4.69, 9.17) is 0 Å². The second-order valence-corrected chi connectivity index (χ2v) is 8.20. The van der Waals surface area contributed by atoms with Gasteiger partial charge in [-0.1, -0.05) is 49.4 Å². The molecule has 0 bridgehead atoms. The summed E-state index contributed by atoms with van der Waals surface area (Å²) >= 11 is 0. The number of amides is 3. The van der Waals surface area contributed by atoms with Crippen LogP contribution in [0.2, 0.25) is 0 Å². The lowest BCUT2D eigenvalue weighted by Gasteiger charge is -2.31. The molecule has 2 aliphatic rings. The summed E-state index contributed by atoms with van der Waals surface area (Å²) in [6, 6.07) is 15.6. The van der Waals surface area contributed by atoms with Crippen LogP contribution in [0, 0.1) is 5.92 Å². The van der Waals surface area contributed by atoms with Crippen LogP contribution in [0.25, 0.3) is 0 Å². The molecule has 1 fully saturated rings. The number of imide groups is 1. The Kier molecular flexibility index (Phi) is 5.47. The van der Waals surface area contributed by atoms with Crippen molar-refractivity contribution >= 4 is 17.7 Å². The standard InChI is InChI=1S/C24H26N2O3/c1-16-11-13-18(14-12-16)25-22(27)21(15-17-7-3-2-4-8-17)26-23(28)19-9-5-6-10-20(19)24(26)29/h2-10,16,18,21H,11-15H2,1H3,(H,25,27)/t16?,18?,21-/m0/s1. The third-order valence-corrected chi connectivity index (χ3v) is 6.07. The van der Waals surface area contributed by atoms with Crippen molar-refractivity contribution in [1.82, 2.24) is 10.2 Å². The molecule has 1 aliphatic heterocycles. The van der Waals surface area contributed by atoms with Gasteiger partial charge in [0.05, 0.1) is 11.1 Å². The maximum absolute atomic E-state index is 13.3. The normalized spacial score (nSPS) is 22.3. The maximum Gasteiger partial charge on any atom is 0.262 e. The first kappa shape index (κ1) is 19.4. The van der Waals surface area contributed by atoms with Gasteiger partial charge in [0, 0.05) is 12.5 Å². The molecule has 1 heterocycles. The van der Waals surface area contributed by atoms with Gasteiger partial charge in [-0.25, -0.2) is 0 Å². The maximum atomic E-state index is 13.3. The Morgan fingerprint density at radius 2 is 1.48 bits per heavy atom. The molecule has 4 rings (SSSR count). The minimum Gasteiger partial charge on any atom is -0.352 e.